The van der Waals surface area contributed by atoms with Gasteiger partial charge >= 0.3 is 0 Å². The summed E-state index contributed by atoms with van der Waals surface area (Å²) in [6, 6.07) is 8.58. The van der Waals surface area contributed by atoms with E-state index in [1.165, 1.54) is 57.2 Å². The maximum absolute atomic E-state index is 9.76. The maximum atomic E-state index is 9.76. The average molecular weight is 275 g/mol. The van der Waals surface area contributed by atoms with E-state index in [2.05, 4.69) is 24.8 Å². The average Bonchev–Trinajstić information content (AvgIpc) is 2.47. The van der Waals surface area contributed by atoms with E-state index in [4.69, 9.17) is 0 Å². The summed E-state index contributed by atoms with van der Waals surface area (Å²) >= 11 is 0. The third kappa shape index (κ3) is 3.76. The van der Waals surface area contributed by atoms with Gasteiger partial charge in [0, 0.05) is 6.04 Å². The monoisotopic (exact) mass is 275 g/mol. The van der Waals surface area contributed by atoms with E-state index in [1.807, 2.05) is 12.1 Å². The molecule has 2 nitrogen and oxygen atoms in total. The Balaban J connectivity index is 2.19. The highest BCUT2D eigenvalue weighted by molar-refractivity contribution is 5.31. The van der Waals surface area contributed by atoms with Gasteiger partial charge in [0.2, 0.25) is 0 Å². The molecule has 2 heteroatoms. The number of benzene rings is 1. The van der Waals surface area contributed by atoms with Gasteiger partial charge in [0.15, 0.2) is 0 Å². The van der Waals surface area contributed by atoms with E-state index in [1.54, 1.807) is 6.07 Å². The first kappa shape index (κ1) is 15.4. The minimum atomic E-state index is 0.407. The van der Waals surface area contributed by atoms with Gasteiger partial charge in [-0.25, -0.2) is 0 Å². The first-order valence-corrected chi connectivity index (χ1v) is 8.29. The van der Waals surface area contributed by atoms with Gasteiger partial charge in [-0.15, -0.1) is 0 Å². The van der Waals surface area contributed by atoms with Gasteiger partial charge in [-0.1, -0.05) is 38.8 Å². The van der Waals surface area contributed by atoms with Crippen molar-refractivity contribution in [2.24, 2.45) is 0 Å². The van der Waals surface area contributed by atoms with Crippen molar-refractivity contribution in [3.63, 3.8) is 0 Å². The minimum Gasteiger partial charge on any atom is -0.508 e. The molecule has 1 N–H and O–H groups in total. The zero-order valence-electron chi connectivity index (χ0n) is 13.0. The molecular formula is C18H29NO. The predicted octanol–water partition coefficient (Wildman–Crippen LogP) is 4.54. The summed E-state index contributed by atoms with van der Waals surface area (Å²) in [4.78, 5) is 2.69. The molecule has 0 aromatic heterocycles. The molecule has 0 unspecified atom stereocenters. The summed E-state index contributed by atoms with van der Waals surface area (Å²) in [5, 5.41) is 9.76. The summed E-state index contributed by atoms with van der Waals surface area (Å²) in [6.07, 6.45) is 7.69. The van der Waals surface area contributed by atoms with Crippen LogP contribution in [-0.4, -0.2) is 29.1 Å². The molecule has 0 amide bonds. The zero-order valence-corrected chi connectivity index (χ0v) is 13.0. The number of aromatic hydroxyl groups is 1. The van der Waals surface area contributed by atoms with Crippen LogP contribution < -0.4 is 0 Å². The Morgan fingerprint density at radius 3 is 2.45 bits per heavy atom. The fourth-order valence-electron chi connectivity index (χ4n) is 3.71. The van der Waals surface area contributed by atoms with Gasteiger partial charge in [0.1, 0.15) is 5.75 Å². The lowest BCUT2D eigenvalue weighted by molar-refractivity contribution is 0.135. The van der Waals surface area contributed by atoms with E-state index in [0.717, 1.165) is 0 Å². The second kappa shape index (κ2) is 7.68. The largest absolute Gasteiger partial charge is 0.508 e. The molecule has 0 spiro atoms. The molecule has 0 aliphatic heterocycles. The summed E-state index contributed by atoms with van der Waals surface area (Å²) in [5.74, 6) is 0.998. The molecule has 1 saturated carbocycles. The Bertz CT molecular complexity index is 398. The van der Waals surface area contributed by atoms with E-state index < -0.39 is 0 Å². The summed E-state index contributed by atoms with van der Waals surface area (Å²) in [5.41, 5.74) is 1.33. The number of hydrogen-bond acceptors (Lipinski definition) is 2. The molecule has 1 aliphatic carbocycles. The lowest BCUT2D eigenvalue weighted by atomic mass is 9.79. The Morgan fingerprint density at radius 1 is 1.10 bits per heavy atom. The molecule has 20 heavy (non-hydrogen) atoms. The zero-order chi connectivity index (χ0) is 14.4. The molecule has 1 aromatic carbocycles. The number of rotatable bonds is 6. The van der Waals surface area contributed by atoms with Gasteiger partial charge < -0.3 is 5.11 Å². The van der Waals surface area contributed by atoms with Crippen LogP contribution >= 0.6 is 0 Å². The fraction of sp³-hybridized carbons (Fsp3) is 0.667. The molecule has 0 heterocycles. The van der Waals surface area contributed by atoms with Crippen molar-refractivity contribution in [1.29, 1.82) is 0 Å². The van der Waals surface area contributed by atoms with Crippen molar-refractivity contribution < 1.29 is 5.11 Å². The number of phenolic OH excluding ortho intramolecular Hbond substituents is 1. The molecule has 112 valence electrons. The Hall–Kier alpha value is -1.02. The van der Waals surface area contributed by atoms with Crippen LogP contribution in [0.3, 0.4) is 0 Å². The number of phenols is 1. The third-order valence-electron chi connectivity index (χ3n) is 4.52. The quantitative estimate of drug-likeness (QED) is 0.824. The minimum absolute atomic E-state index is 0.407. The van der Waals surface area contributed by atoms with Crippen LogP contribution in [0.15, 0.2) is 24.3 Å². The van der Waals surface area contributed by atoms with Crippen LogP contribution in [0.1, 0.15) is 63.9 Å². The first-order valence-electron chi connectivity index (χ1n) is 8.29. The van der Waals surface area contributed by atoms with Crippen LogP contribution in [0.4, 0.5) is 0 Å². The third-order valence-corrected chi connectivity index (χ3v) is 4.52. The molecule has 1 aliphatic rings. The summed E-state index contributed by atoms with van der Waals surface area (Å²) in [7, 11) is 0. The molecule has 1 fully saturated rings. The highest BCUT2D eigenvalue weighted by Crippen LogP contribution is 2.37. The van der Waals surface area contributed by atoms with Crippen LogP contribution in [0.2, 0.25) is 0 Å². The topological polar surface area (TPSA) is 23.5 Å². The highest BCUT2D eigenvalue weighted by atomic mass is 16.3. The molecular weight excluding hydrogens is 246 g/mol. The van der Waals surface area contributed by atoms with Crippen LogP contribution in [0, 0.1) is 0 Å². The Morgan fingerprint density at radius 2 is 1.80 bits per heavy atom. The Kier molecular flexibility index (Phi) is 5.90. The predicted molar refractivity (Wildman–Crippen MR) is 85.3 cm³/mol. The van der Waals surface area contributed by atoms with E-state index in [0.29, 0.717) is 17.7 Å². The maximum Gasteiger partial charge on any atom is 0.115 e. The molecule has 1 aromatic rings. The van der Waals surface area contributed by atoms with E-state index >= 15 is 0 Å². The van der Waals surface area contributed by atoms with Crippen LogP contribution in [-0.2, 0) is 0 Å². The second-order valence-corrected chi connectivity index (χ2v) is 6.09. The fourth-order valence-corrected chi connectivity index (χ4v) is 3.71. The van der Waals surface area contributed by atoms with Gasteiger partial charge in [-0.2, -0.15) is 0 Å². The molecule has 0 bridgehead atoms. The van der Waals surface area contributed by atoms with E-state index in [-0.39, 0.29) is 0 Å². The number of nitrogens with zero attached hydrogens (tertiary/aromatic N) is 1. The van der Waals surface area contributed by atoms with Crippen molar-refractivity contribution >= 4 is 0 Å². The van der Waals surface area contributed by atoms with Gasteiger partial charge in [0.25, 0.3) is 0 Å². The highest BCUT2D eigenvalue weighted by Gasteiger charge is 2.30. The van der Waals surface area contributed by atoms with Crippen LogP contribution in [0.5, 0.6) is 5.75 Å². The number of hydrogen-bond donors (Lipinski definition) is 1. The second-order valence-electron chi connectivity index (χ2n) is 6.09. The lowest BCUT2D eigenvalue weighted by Crippen LogP contribution is -2.42. The van der Waals surface area contributed by atoms with E-state index in [9.17, 15) is 5.11 Å². The van der Waals surface area contributed by atoms with Crippen molar-refractivity contribution in [3.8, 4) is 5.75 Å². The molecule has 0 radical (unpaired) electrons. The van der Waals surface area contributed by atoms with Gasteiger partial charge in [0.05, 0.1) is 0 Å². The SMILES string of the molecule is CCCN(CCC)[C@H]1CCCC[C@H]1c1cccc(O)c1. The molecule has 2 atom stereocenters. The first-order chi connectivity index (χ1) is 9.76. The Labute approximate surface area is 123 Å². The van der Waals surface area contributed by atoms with Crippen molar-refractivity contribution in [2.45, 2.75) is 64.3 Å². The van der Waals surface area contributed by atoms with Gasteiger partial charge in [-0.05, 0) is 62.4 Å². The summed E-state index contributed by atoms with van der Waals surface area (Å²) in [6.45, 7) is 6.95. The molecule has 0 saturated heterocycles. The van der Waals surface area contributed by atoms with Crippen molar-refractivity contribution in [2.75, 3.05) is 13.1 Å². The smallest absolute Gasteiger partial charge is 0.115 e. The lowest BCUT2D eigenvalue weighted by Gasteiger charge is -2.40. The molecule has 2 rings (SSSR count). The van der Waals surface area contributed by atoms with Gasteiger partial charge in [-0.3, -0.25) is 4.90 Å². The van der Waals surface area contributed by atoms with Crippen molar-refractivity contribution in [3.05, 3.63) is 29.8 Å². The van der Waals surface area contributed by atoms with Crippen molar-refractivity contribution in [1.82, 2.24) is 4.90 Å². The normalized spacial score (nSPS) is 23.1. The summed E-state index contributed by atoms with van der Waals surface area (Å²) < 4.78 is 0. The standard InChI is InChI=1S/C18H29NO/c1-3-12-19(13-4-2)18-11-6-5-10-17(18)15-8-7-9-16(20)14-15/h7-9,14,17-18,20H,3-6,10-13H2,1-2H3/t17-,18-/m0/s1. The van der Waals surface area contributed by atoms with Crippen LogP contribution in [0.25, 0.3) is 0 Å².